The predicted octanol–water partition coefficient (Wildman–Crippen LogP) is 2.11. The highest BCUT2D eigenvalue weighted by Gasteiger charge is 2.21. The SMILES string of the molecule is CC(C)CCCOC(=O)[C@H]1CCCCN1. The van der Waals surface area contributed by atoms with E-state index in [9.17, 15) is 4.79 Å². The van der Waals surface area contributed by atoms with E-state index in [-0.39, 0.29) is 12.0 Å². The number of carbonyl (C=O) groups excluding carboxylic acids is 1. The molecule has 3 nitrogen and oxygen atoms in total. The predicted molar refractivity (Wildman–Crippen MR) is 60.7 cm³/mol. The monoisotopic (exact) mass is 213 g/mol. The van der Waals surface area contributed by atoms with Crippen LogP contribution in [-0.2, 0) is 9.53 Å². The van der Waals surface area contributed by atoms with Gasteiger partial charge in [-0.2, -0.15) is 0 Å². The summed E-state index contributed by atoms with van der Waals surface area (Å²) in [7, 11) is 0. The number of piperidine rings is 1. The highest BCUT2D eigenvalue weighted by molar-refractivity contribution is 5.75. The quantitative estimate of drug-likeness (QED) is 0.561. The molecule has 0 aliphatic carbocycles. The van der Waals surface area contributed by atoms with Gasteiger partial charge >= 0.3 is 5.97 Å². The van der Waals surface area contributed by atoms with Gasteiger partial charge in [0.2, 0.25) is 0 Å². The molecule has 0 amide bonds. The van der Waals surface area contributed by atoms with Crippen molar-refractivity contribution in [2.45, 2.75) is 52.0 Å². The van der Waals surface area contributed by atoms with E-state index < -0.39 is 0 Å². The zero-order chi connectivity index (χ0) is 11.1. The van der Waals surface area contributed by atoms with Crippen molar-refractivity contribution < 1.29 is 9.53 Å². The first-order chi connectivity index (χ1) is 7.20. The van der Waals surface area contributed by atoms with Crippen LogP contribution in [0.5, 0.6) is 0 Å². The van der Waals surface area contributed by atoms with Crippen LogP contribution in [0, 0.1) is 5.92 Å². The molecule has 0 spiro atoms. The van der Waals surface area contributed by atoms with Crippen LogP contribution in [0.4, 0.5) is 0 Å². The molecule has 1 saturated heterocycles. The summed E-state index contributed by atoms with van der Waals surface area (Å²) in [6.45, 7) is 5.90. The highest BCUT2D eigenvalue weighted by Crippen LogP contribution is 2.09. The smallest absolute Gasteiger partial charge is 0.323 e. The topological polar surface area (TPSA) is 38.3 Å². The fourth-order valence-corrected chi connectivity index (χ4v) is 1.82. The number of hydrogen-bond acceptors (Lipinski definition) is 3. The lowest BCUT2D eigenvalue weighted by Crippen LogP contribution is -2.41. The highest BCUT2D eigenvalue weighted by atomic mass is 16.5. The minimum atomic E-state index is -0.0570. The average molecular weight is 213 g/mol. The molecule has 1 rings (SSSR count). The van der Waals surface area contributed by atoms with Gasteiger partial charge in [0, 0.05) is 0 Å². The fraction of sp³-hybridized carbons (Fsp3) is 0.917. The molecule has 0 radical (unpaired) electrons. The van der Waals surface area contributed by atoms with Crippen molar-refractivity contribution in [3.8, 4) is 0 Å². The second kappa shape index (κ2) is 6.83. The van der Waals surface area contributed by atoms with Gasteiger partial charge in [0.15, 0.2) is 0 Å². The summed E-state index contributed by atoms with van der Waals surface area (Å²) in [4.78, 5) is 11.6. The van der Waals surface area contributed by atoms with Gasteiger partial charge < -0.3 is 10.1 Å². The van der Waals surface area contributed by atoms with Crippen LogP contribution in [0.15, 0.2) is 0 Å². The summed E-state index contributed by atoms with van der Waals surface area (Å²) in [5, 5.41) is 3.19. The molecule has 0 aromatic rings. The fourth-order valence-electron chi connectivity index (χ4n) is 1.82. The molecule has 0 unspecified atom stereocenters. The van der Waals surface area contributed by atoms with E-state index in [0.717, 1.165) is 32.2 Å². The Labute approximate surface area is 92.6 Å². The molecule has 0 saturated carbocycles. The Morgan fingerprint density at radius 3 is 2.87 bits per heavy atom. The van der Waals surface area contributed by atoms with Crippen LogP contribution in [0.2, 0.25) is 0 Å². The van der Waals surface area contributed by atoms with E-state index in [1.54, 1.807) is 0 Å². The zero-order valence-corrected chi connectivity index (χ0v) is 9.92. The first-order valence-corrected chi connectivity index (χ1v) is 6.10. The third kappa shape index (κ3) is 5.17. The van der Waals surface area contributed by atoms with Crippen molar-refractivity contribution in [3.05, 3.63) is 0 Å². The number of ether oxygens (including phenoxy) is 1. The Hall–Kier alpha value is -0.570. The van der Waals surface area contributed by atoms with Crippen LogP contribution in [0.25, 0.3) is 0 Å². The van der Waals surface area contributed by atoms with Crippen molar-refractivity contribution in [1.29, 1.82) is 0 Å². The zero-order valence-electron chi connectivity index (χ0n) is 9.92. The number of carbonyl (C=O) groups is 1. The summed E-state index contributed by atoms with van der Waals surface area (Å²) in [6, 6.07) is -0.0437. The molecule has 0 aromatic carbocycles. The molecule has 1 N–H and O–H groups in total. The molecule has 3 heteroatoms. The van der Waals surface area contributed by atoms with Gasteiger partial charge in [-0.15, -0.1) is 0 Å². The van der Waals surface area contributed by atoms with Gasteiger partial charge in [-0.25, -0.2) is 0 Å². The van der Waals surface area contributed by atoms with Crippen molar-refractivity contribution in [3.63, 3.8) is 0 Å². The number of hydrogen-bond donors (Lipinski definition) is 1. The lowest BCUT2D eigenvalue weighted by molar-refractivity contribution is -0.147. The van der Waals surface area contributed by atoms with Crippen LogP contribution in [0.3, 0.4) is 0 Å². The molecule has 1 heterocycles. The van der Waals surface area contributed by atoms with Gasteiger partial charge in [-0.1, -0.05) is 20.3 Å². The molecule has 0 aromatic heterocycles. The van der Waals surface area contributed by atoms with Crippen LogP contribution >= 0.6 is 0 Å². The molecule has 1 fully saturated rings. The summed E-state index contributed by atoms with van der Waals surface area (Å²) in [5.41, 5.74) is 0. The van der Waals surface area contributed by atoms with E-state index in [1.165, 1.54) is 6.42 Å². The second-order valence-corrected chi connectivity index (χ2v) is 4.71. The van der Waals surface area contributed by atoms with Crippen LogP contribution < -0.4 is 5.32 Å². The molecule has 1 aliphatic heterocycles. The van der Waals surface area contributed by atoms with Crippen molar-refractivity contribution >= 4 is 5.97 Å². The largest absolute Gasteiger partial charge is 0.465 e. The summed E-state index contributed by atoms with van der Waals surface area (Å²) in [6.07, 6.45) is 5.36. The van der Waals surface area contributed by atoms with Gasteiger partial charge in [0.25, 0.3) is 0 Å². The molecule has 0 bridgehead atoms. The van der Waals surface area contributed by atoms with Crippen LogP contribution in [0.1, 0.15) is 46.0 Å². The second-order valence-electron chi connectivity index (χ2n) is 4.71. The molecule has 15 heavy (non-hydrogen) atoms. The van der Waals surface area contributed by atoms with Crippen molar-refractivity contribution in [2.75, 3.05) is 13.2 Å². The Kier molecular flexibility index (Phi) is 5.69. The third-order valence-corrected chi connectivity index (χ3v) is 2.76. The summed E-state index contributed by atoms with van der Waals surface area (Å²) < 4.78 is 5.23. The summed E-state index contributed by atoms with van der Waals surface area (Å²) in [5.74, 6) is 0.634. The van der Waals surface area contributed by atoms with Gasteiger partial charge in [-0.05, 0) is 38.1 Å². The third-order valence-electron chi connectivity index (χ3n) is 2.76. The van der Waals surface area contributed by atoms with E-state index in [0.29, 0.717) is 12.5 Å². The maximum Gasteiger partial charge on any atom is 0.323 e. The van der Waals surface area contributed by atoms with E-state index in [2.05, 4.69) is 19.2 Å². The van der Waals surface area contributed by atoms with Gasteiger partial charge in [0.1, 0.15) is 6.04 Å². The minimum Gasteiger partial charge on any atom is -0.465 e. The molecular formula is C12H23NO2. The normalized spacial score (nSPS) is 21.7. The average Bonchev–Trinajstić information content (AvgIpc) is 2.25. The van der Waals surface area contributed by atoms with Crippen LogP contribution in [-0.4, -0.2) is 25.2 Å². The first-order valence-electron chi connectivity index (χ1n) is 6.10. The van der Waals surface area contributed by atoms with Crippen molar-refractivity contribution in [2.24, 2.45) is 5.92 Å². The molecule has 1 aliphatic rings. The minimum absolute atomic E-state index is 0.0437. The Balaban J connectivity index is 2.07. The van der Waals surface area contributed by atoms with Gasteiger partial charge in [-0.3, -0.25) is 4.79 Å². The van der Waals surface area contributed by atoms with E-state index >= 15 is 0 Å². The van der Waals surface area contributed by atoms with E-state index in [1.807, 2.05) is 0 Å². The lowest BCUT2D eigenvalue weighted by Gasteiger charge is -2.21. The number of nitrogens with one attached hydrogen (secondary N) is 1. The number of esters is 1. The van der Waals surface area contributed by atoms with E-state index in [4.69, 9.17) is 4.74 Å². The standard InChI is InChI=1S/C12H23NO2/c1-10(2)6-5-9-15-12(14)11-7-3-4-8-13-11/h10-11,13H,3-9H2,1-2H3/t11-/m1/s1. The maximum atomic E-state index is 11.6. The molecule has 1 atom stereocenters. The van der Waals surface area contributed by atoms with Crippen molar-refractivity contribution in [1.82, 2.24) is 5.32 Å². The Bertz CT molecular complexity index is 186. The Morgan fingerprint density at radius 2 is 2.27 bits per heavy atom. The summed E-state index contributed by atoms with van der Waals surface area (Å²) >= 11 is 0. The maximum absolute atomic E-state index is 11.6. The first kappa shape index (κ1) is 12.5. The molecular weight excluding hydrogens is 190 g/mol. The van der Waals surface area contributed by atoms with Gasteiger partial charge in [0.05, 0.1) is 6.61 Å². The molecule has 88 valence electrons. The number of rotatable bonds is 5. The Morgan fingerprint density at radius 1 is 1.47 bits per heavy atom. The lowest BCUT2D eigenvalue weighted by atomic mass is 10.1.